The van der Waals surface area contributed by atoms with Gasteiger partial charge in [-0.3, -0.25) is 5.10 Å². The summed E-state index contributed by atoms with van der Waals surface area (Å²) in [6.45, 7) is 2.08. The zero-order valence-electron chi connectivity index (χ0n) is 14.9. The Hall–Kier alpha value is -3.19. The van der Waals surface area contributed by atoms with Gasteiger partial charge in [-0.05, 0) is 52.8 Å². The van der Waals surface area contributed by atoms with Crippen LogP contribution < -0.4 is 4.74 Å². The van der Waals surface area contributed by atoms with Crippen LogP contribution in [0, 0.1) is 4.77 Å². The Morgan fingerprint density at radius 1 is 1.22 bits per heavy atom. The number of H-pyrrole nitrogens is 1. The maximum atomic E-state index is 5.33. The predicted octanol–water partition coefficient (Wildman–Crippen LogP) is 4.73. The molecular formula is C20H18N4O2S. The van der Waals surface area contributed by atoms with Crippen molar-refractivity contribution in [2.75, 3.05) is 7.11 Å². The van der Waals surface area contributed by atoms with E-state index in [4.69, 9.17) is 21.4 Å². The average molecular weight is 378 g/mol. The number of rotatable bonds is 5. The van der Waals surface area contributed by atoms with Crippen LogP contribution in [-0.4, -0.2) is 28.2 Å². The summed E-state index contributed by atoms with van der Waals surface area (Å²) < 4.78 is 12.6. The standard InChI is InChI=1S/C20H18N4O2S/c1-13(14-5-6-16-11-17(25-2)8-7-15(16)10-14)19-22-23-20(27)24(19)21-12-18-4-3-9-26-18/h3-13H,1-2H3,(H,23,27)/b21-12+. The summed E-state index contributed by atoms with van der Waals surface area (Å²) in [5, 5.41) is 13.9. The van der Waals surface area contributed by atoms with Gasteiger partial charge >= 0.3 is 0 Å². The van der Waals surface area contributed by atoms with Crippen molar-refractivity contribution in [3.8, 4) is 5.75 Å². The van der Waals surface area contributed by atoms with Crippen molar-refractivity contribution in [1.82, 2.24) is 14.9 Å². The molecule has 0 amide bonds. The smallest absolute Gasteiger partial charge is 0.216 e. The maximum Gasteiger partial charge on any atom is 0.216 e. The van der Waals surface area contributed by atoms with E-state index in [9.17, 15) is 0 Å². The molecule has 4 aromatic rings. The van der Waals surface area contributed by atoms with E-state index in [1.54, 1.807) is 24.3 Å². The van der Waals surface area contributed by atoms with E-state index < -0.39 is 0 Å². The second-order valence-electron chi connectivity index (χ2n) is 6.15. The fourth-order valence-electron chi connectivity index (χ4n) is 2.96. The van der Waals surface area contributed by atoms with Gasteiger partial charge in [-0.1, -0.05) is 31.2 Å². The second kappa shape index (κ2) is 7.20. The van der Waals surface area contributed by atoms with Crippen molar-refractivity contribution < 1.29 is 9.15 Å². The molecule has 0 radical (unpaired) electrons. The third-order valence-corrected chi connectivity index (χ3v) is 4.74. The van der Waals surface area contributed by atoms with Gasteiger partial charge < -0.3 is 9.15 Å². The lowest BCUT2D eigenvalue weighted by Gasteiger charge is -2.12. The number of aromatic nitrogens is 3. The SMILES string of the molecule is COc1ccc2cc(C(C)c3n[nH]c(=S)n3/N=C/c3ccco3)ccc2c1. The van der Waals surface area contributed by atoms with Gasteiger partial charge in [0.05, 0.1) is 19.6 Å². The number of methoxy groups -OCH3 is 1. The lowest BCUT2D eigenvalue weighted by Crippen LogP contribution is -2.05. The summed E-state index contributed by atoms with van der Waals surface area (Å²) in [6.07, 6.45) is 3.22. The summed E-state index contributed by atoms with van der Waals surface area (Å²) in [5.41, 5.74) is 1.12. The van der Waals surface area contributed by atoms with Crippen LogP contribution in [-0.2, 0) is 0 Å². The normalized spacial score (nSPS) is 12.7. The first-order valence-corrected chi connectivity index (χ1v) is 8.89. The zero-order chi connectivity index (χ0) is 18.8. The number of nitrogens with zero attached hydrogens (tertiary/aromatic N) is 3. The van der Waals surface area contributed by atoms with Gasteiger partial charge in [0.1, 0.15) is 11.5 Å². The molecule has 0 aliphatic carbocycles. The van der Waals surface area contributed by atoms with Crippen LogP contribution in [0.3, 0.4) is 0 Å². The number of nitrogens with one attached hydrogen (secondary N) is 1. The van der Waals surface area contributed by atoms with E-state index in [2.05, 4.69) is 46.5 Å². The molecule has 0 aliphatic heterocycles. The Morgan fingerprint density at radius 3 is 2.81 bits per heavy atom. The highest BCUT2D eigenvalue weighted by Gasteiger charge is 2.16. The third kappa shape index (κ3) is 3.41. The first kappa shape index (κ1) is 17.2. The molecule has 2 aromatic carbocycles. The topological polar surface area (TPSA) is 68.3 Å². The number of ether oxygens (including phenoxy) is 1. The van der Waals surface area contributed by atoms with E-state index >= 15 is 0 Å². The average Bonchev–Trinajstić information content (AvgIpc) is 3.34. The van der Waals surface area contributed by atoms with E-state index in [1.807, 2.05) is 24.3 Å². The lowest BCUT2D eigenvalue weighted by molar-refractivity contribution is 0.415. The summed E-state index contributed by atoms with van der Waals surface area (Å²) in [4.78, 5) is 0. The molecule has 27 heavy (non-hydrogen) atoms. The number of benzene rings is 2. The van der Waals surface area contributed by atoms with Crippen LogP contribution in [0.2, 0.25) is 0 Å². The highest BCUT2D eigenvalue weighted by molar-refractivity contribution is 7.71. The number of fused-ring (bicyclic) bond motifs is 1. The van der Waals surface area contributed by atoms with Crippen molar-refractivity contribution in [3.63, 3.8) is 0 Å². The van der Waals surface area contributed by atoms with Gasteiger partial charge in [-0.2, -0.15) is 14.9 Å². The molecule has 0 spiro atoms. The van der Waals surface area contributed by atoms with Crippen molar-refractivity contribution in [3.05, 3.63) is 76.7 Å². The van der Waals surface area contributed by atoms with E-state index in [0.717, 1.165) is 27.9 Å². The Kier molecular flexibility index (Phi) is 4.60. The molecule has 1 N–H and O–H groups in total. The van der Waals surface area contributed by atoms with Gasteiger partial charge in [-0.25, -0.2) is 0 Å². The molecular weight excluding hydrogens is 360 g/mol. The van der Waals surface area contributed by atoms with E-state index in [1.165, 1.54) is 0 Å². The van der Waals surface area contributed by atoms with E-state index in [0.29, 0.717) is 10.5 Å². The minimum Gasteiger partial charge on any atom is -0.497 e. The maximum absolute atomic E-state index is 5.33. The fraction of sp³-hybridized carbons (Fsp3) is 0.150. The van der Waals surface area contributed by atoms with Gasteiger partial charge in [0.2, 0.25) is 4.77 Å². The van der Waals surface area contributed by atoms with Crippen LogP contribution in [0.15, 0.2) is 64.3 Å². The largest absolute Gasteiger partial charge is 0.497 e. The lowest BCUT2D eigenvalue weighted by atomic mass is 9.97. The molecule has 1 unspecified atom stereocenters. The summed E-state index contributed by atoms with van der Waals surface area (Å²) in [6, 6.07) is 16.0. The number of hydrogen-bond donors (Lipinski definition) is 1. The molecule has 2 aromatic heterocycles. The van der Waals surface area contributed by atoms with Crippen molar-refractivity contribution in [2.45, 2.75) is 12.8 Å². The van der Waals surface area contributed by atoms with E-state index in [-0.39, 0.29) is 5.92 Å². The predicted molar refractivity (Wildman–Crippen MR) is 107 cm³/mol. The minimum absolute atomic E-state index is 0.00166. The van der Waals surface area contributed by atoms with Gasteiger partial charge in [-0.15, -0.1) is 0 Å². The molecule has 0 fully saturated rings. The third-order valence-electron chi connectivity index (χ3n) is 4.48. The molecule has 1 atom stereocenters. The molecule has 6 nitrogen and oxygen atoms in total. The summed E-state index contributed by atoms with van der Waals surface area (Å²) in [5.74, 6) is 2.22. The summed E-state index contributed by atoms with van der Waals surface area (Å²) >= 11 is 5.33. The Balaban J connectivity index is 1.69. The molecule has 0 bridgehead atoms. The highest BCUT2D eigenvalue weighted by Crippen LogP contribution is 2.28. The van der Waals surface area contributed by atoms with Gasteiger partial charge in [0.15, 0.2) is 5.82 Å². The second-order valence-corrected chi connectivity index (χ2v) is 6.54. The van der Waals surface area contributed by atoms with Gasteiger partial charge in [0, 0.05) is 5.92 Å². The molecule has 0 aliphatic rings. The number of aromatic amines is 1. The summed E-state index contributed by atoms with van der Waals surface area (Å²) in [7, 11) is 1.67. The molecule has 2 heterocycles. The number of furan rings is 1. The monoisotopic (exact) mass is 378 g/mol. The minimum atomic E-state index is -0.00166. The Bertz CT molecular complexity index is 1160. The van der Waals surface area contributed by atoms with Crippen molar-refractivity contribution in [1.29, 1.82) is 0 Å². The van der Waals surface area contributed by atoms with Crippen molar-refractivity contribution >= 4 is 29.2 Å². The molecule has 7 heteroatoms. The number of hydrogen-bond acceptors (Lipinski definition) is 5. The van der Waals surface area contributed by atoms with Crippen LogP contribution in [0.4, 0.5) is 0 Å². The van der Waals surface area contributed by atoms with Crippen LogP contribution >= 0.6 is 12.2 Å². The molecule has 0 saturated heterocycles. The zero-order valence-corrected chi connectivity index (χ0v) is 15.7. The van der Waals surface area contributed by atoms with Crippen LogP contribution in [0.25, 0.3) is 10.8 Å². The van der Waals surface area contributed by atoms with Gasteiger partial charge in [0.25, 0.3) is 0 Å². The molecule has 136 valence electrons. The quantitative estimate of drug-likeness (QED) is 0.403. The molecule has 0 saturated carbocycles. The first-order valence-electron chi connectivity index (χ1n) is 8.48. The van der Waals surface area contributed by atoms with Crippen LogP contribution in [0.1, 0.15) is 30.0 Å². The Morgan fingerprint density at radius 2 is 2.04 bits per heavy atom. The van der Waals surface area contributed by atoms with Crippen LogP contribution in [0.5, 0.6) is 5.75 Å². The fourth-order valence-corrected chi connectivity index (χ4v) is 3.15. The highest BCUT2D eigenvalue weighted by atomic mass is 32.1. The molecule has 4 rings (SSSR count). The first-order chi connectivity index (χ1) is 13.2. The Labute approximate surface area is 161 Å². The van der Waals surface area contributed by atoms with Crippen molar-refractivity contribution in [2.24, 2.45) is 5.10 Å².